The van der Waals surface area contributed by atoms with Crippen molar-refractivity contribution in [1.82, 2.24) is 15.1 Å². The van der Waals surface area contributed by atoms with E-state index in [9.17, 15) is 4.79 Å². The molecule has 0 atom stereocenters. The number of carbonyl (C=O) groups excluding carboxylic acids is 1. The van der Waals surface area contributed by atoms with E-state index in [1.165, 1.54) is 0 Å². The van der Waals surface area contributed by atoms with Crippen LogP contribution in [0.3, 0.4) is 0 Å². The van der Waals surface area contributed by atoms with Crippen molar-refractivity contribution in [3.8, 4) is 5.75 Å². The smallest absolute Gasteiger partial charge is 0.224 e. The zero-order valence-corrected chi connectivity index (χ0v) is 17.4. The van der Waals surface area contributed by atoms with Crippen molar-refractivity contribution in [2.24, 2.45) is 5.92 Å². The Labute approximate surface area is 166 Å². The molecule has 5 heteroatoms. The van der Waals surface area contributed by atoms with Crippen molar-refractivity contribution in [1.29, 1.82) is 0 Å². The molecule has 1 heterocycles. The van der Waals surface area contributed by atoms with E-state index >= 15 is 0 Å². The lowest BCUT2D eigenvalue weighted by Gasteiger charge is -2.09. The second-order valence-electron chi connectivity index (χ2n) is 7.73. The van der Waals surface area contributed by atoms with Gasteiger partial charge in [0.15, 0.2) is 0 Å². The van der Waals surface area contributed by atoms with E-state index in [1.54, 1.807) is 7.11 Å². The van der Waals surface area contributed by atoms with Crippen molar-refractivity contribution in [2.75, 3.05) is 7.11 Å². The minimum Gasteiger partial charge on any atom is -0.497 e. The van der Waals surface area contributed by atoms with Crippen LogP contribution in [0.1, 0.15) is 36.4 Å². The molecule has 0 saturated heterocycles. The minimum absolute atomic E-state index is 0.0186. The van der Waals surface area contributed by atoms with Crippen LogP contribution in [0.2, 0.25) is 0 Å². The highest BCUT2D eigenvalue weighted by atomic mass is 16.5. The number of rotatable bonds is 7. The van der Waals surface area contributed by atoms with E-state index < -0.39 is 0 Å². The molecule has 28 heavy (non-hydrogen) atoms. The summed E-state index contributed by atoms with van der Waals surface area (Å²) in [6.45, 7) is 9.74. The molecular weight excluding hydrogens is 350 g/mol. The second kappa shape index (κ2) is 8.46. The SMILES string of the molecule is COc1ccc2cc(CNC(=O)Cc3c(C)nn(CC(C)C)c3C)ccc2c1. The average molecular weight is 380 g/mol. The lowest BCUT2D eigenvalue weighted by Crippen LogP contribution is -2.25. The summed E-state index contributed by atoms with van der Waals surface area (Å²) in [6, 6.07) is 12.2. The standard InChI is InChI=1S/C23H29N3O2/c1-15(2)14-26-17(4)22(16(3)25-26)12-23(27)24-13-18-6-7-20-11-21(28-5)9-8-19(20)10-18/h6-11,15H,12-14H2,1-5H3,(H,24,27). The molecule has 1 N–H and O–H groups in total. The van der Waals surface area contributed by atoms with Gasteiger partial charge in [-0.2, -0.15) is 5.10 Å². The summed E-state index contributed by atoms with van der Waals surface area (Å²) in [4.78, 5) is 12.5. The molecule has 3 rings (SSSR count). The van der Waals surface area contributed by atoms with E-state index in [0.29, 0.717) is 18.9 Å². The summed E-state index contributed by atoms with van der Waals surface area (Å²) in [5, 5.41) is 9.89. The monoisotopic (exact) mass is 379 g/mol. The normalized spacial score (nSPS) is 11.2. The zero-order chi connectivity index (χ0) is 20.3. The van der Waals surface area contributed by atoms with E-state index in [4.69, 9.17) is 4.74 Å². The molecule has 0 bridgehead atoms. The van der Waals surface area contributed by atoms with Crippen LogP contribution in [-0.2, 0) is 24.3 Å². The lowest BCUT2D eigenvalue weighted by atomic mass is 10.1. The number of ether oxygens (including phenoxy) is 1. The Morgan fingerprint density at radius 3 is 2.57 bits per heavy atom. The number of aryl methyl sites for hydroxylation is 1. The number of aromatic nitrogens is 2. The molecule has 0 spiro atoms. The summed E-state index contributed by atoms with van der Waals surface area (Å²) >= 11 is 0. The third kappa shape index (κ3) is 4.53. The maximum atomic E-state index is 12.5. The van der Waals surface area contributed by atoms with Gasteiger partial charge < -0.3 is 10.1 Å². The summed E-state index contributed by atoms with van der Waals surface area (Å²) in [5.74, 6) is 1.38. The first kappa shape index (κ1) is 19.9. The molecule has 148 valence electrons. The van der Waals surface area contributed by atoms with Gasteiger partial charge in [-0.25, -0.2) is 0 Å². The molecule has 0 aliphatic heterocycles. The number of nitrogens with one attached hydrogen (secondary N) is 1. The highest BCUT2D eigenvalue weighted by Gasteiger charge is 2.15. The first-order valence-electron chi connectivity index (χ1n) is 9.73. The molecule has 0 aliphatic carbocycles. The highest BCUT2D eigenvalue weighted by molar-refractivity contribution is 5.85. The van der Waals surface area contributed by atoms with Crippen molar-refractivity contribution < 1.29 is 9.53 Å². The van der Waals surface area contributed by atoms with Gasteiger partial charge in [0.25, 0.3) is 0 Å². The summed E-state index contributed by atoms with van der Waals surface area (Å²) in [6.07, 6.45) is 0.362. The fraction of sp³-hybridized carbons (Fsp3) is 0.391. The second-order valence-corrected chi connectivity index (χ2v) is 7.73. The molecule has 0 radical (unpaired) electrons. The molecule has 0 aliphatic rings. The van der Waals surface area contributed by atoms with Crippen LogP contribution in [0.15, 0.2) is 36.4 Å². The van der Waals surface area contributed by atoms with Gasteiger partial charge in [-0.05, 0) is 54.3 Å². The van der Waals surface area contributed by atoms with Gasteiger partial charge in [-0.3, -0.25) is 9.48 Å². The number of carbonyl (C=O) groups is 1. The van der Waals surface area contributed by atoms with Gasteiger partial charge in [0, 0.05) is 24.3 Å². The topological polar surface area (TPSA) is 56.1 Å². The first-order chi connectivity index (χ1) is 13.4. The van der Waals surface area contributed by atoms with E-state index in [2.05, 4.69) is 36.4 Å². The third-order valence-corrected chi connectivity index (χ3v) is 5.01. The van der Waals surface area contributed by atoms with Crippen molar-refractivity contribution in [2.45, 2.75) is 47.2 Å². The fourth-order valence-corrected chi connectivity index (χ4v) is 3.45. The Morgan fingerprint density at radius 2 is 1.86 bits per heavy atom. The molecule has 1 amide bonds. The maximum absolute atomic E-state index is 12.5. The predicted octanol–water partition coefficient (Wildman–Crippen LogP) is 4.18. The quantitative estimate of drug-likeness (QED) is 0.670. The average Bonchev–Trinajstić information content (AvgIpc) is 2.92. The number of hydrogen-bond acceptors (Lipinski definition) is 3. The molecular formula is C23H29N3O2. The van der Waals surface area contributed by atoms with Gasteiger partial charge in [-0.15, -0.1) is 0 Å². The van der Waals surface area contributed by atoms with Crippen LogP contribution < -0.4 is 10.1 Å². The Morgan fingerprint density at radius 1 is 1.14 bits per heavy atom. The van der Waals surface area contributed by atoms with Crippen LogP contribution >= 0.6 is 0 Å². The lowest BCUT2D eigenvalue weighted by molar-refractivity contribution is -0.120. The van der Waals surface area contributed by atoms with Crippen molar-refractivity contribution >= 4 is 16.7 Å². The summed E-state index contributed by atoms with van der Waals surface area (Å²) in [7, 11) is 1.67. The van der Waals surface area contributed by atoms with Crippen molar-refractivity contribution in [3.05, 3.63) is 58.9 Å². The van der Waals surface area contributed by atoms with Crippen LogP contribution in [-0.4, -0.2) is 22.8 Å². The van der Waals surface area contributed by atoms with Crippen LogP contribution in [0.4, 0.5) is 0 Å². The number of benzene rings is 2. The summed E-state index contributed by atoms with van der Waals surface area (Å²) in [5.41, 5.74) is 4.13. The van der Waals surface area contributed by atoms with Gasteiger partial charge >= 0.3 is 0 Å². The van der Waals surface area contributed by atoms with Gasteiger partial charge in [0.2, 0.25) is 5.91 Å². The number of fused-ring (bicyclic) bond motifs is 1. The molecule has 0 saturated carbocycles. The van der Waals surface area contributed by atoms with Crippen molar-refractivity contribution in [3.63, 3.8) is 0 Å². The molecule has 5 nitrogen and oxygen atoms in total. The Hall–Kier alpha value is -2.82. The number of methoxy groups -OCH3 is 1. The van der Waals surface area contributed by atoms with E-state index in [-0.39, 0.29) is 5.91 Å². The van der Waals surface area contributed by atoms with Gasteiger partial charge in [0.05, 0.1) is 19.2 Å². The molecule has 3 aromatic rings. The third-order valence-electron chi connectivity index (χ3n) is 5.01. The number of nitrogens with zero attached hydrogens (tertiary/aromatic N) is 2. The zero-order valence-electron chi connectivity index (χ0n) is 17.4. The number of hydrogen-bond donors (Lipinski definition) is 1. The van der Waals surface area contributed by atoms with Crippen LogP contribution in [0.25, 0.3) is 10.8 Å². The molecule has 2 aromatic carbocycles. The minimum atomic E-state index is 0.0186. The molecule has 0 fully saturated rings. The van der Waals surface area contributed by atoms with E-state index in [1.807, 2.05) is 42.8 Å². The largest absolute Gasteiger partial charge is 0.497 e. The first-order valence-corrected chi connectivity index (χ1v) is 9.73. The van der Waals surface area contributed by atoms with Gasteiger partial charge in [-0.1, -0.05) is 32.0 Å². The highest BCUT2D eigenvalue weighted by Crippen LogP contribution is 2.22. The maximum Gasteiger partial charge on any atom is 0.224 e. The van der Waals surface area contributed by atoms with E-state index in [0.717, 1.165) is 45.6 Å². The van der Waals surface area contributed by atoms with Crippen LogP contribution in [0, 0.1) is 19.8 Å². The Bertz CT molecular complexity index is 989. The Balaban J connectivity index is 1.64. The molecule has 0 unspecified atom stereocenters. The number of amides is 1. The fourth-order valence-electron chi connectivity index (χ4n) is 3.45. The van der Waals surface area contributed by atoms with Crippen LogP contribution in [0.5, 0.6) is 5.75 Å². The van der Waals surface area contributed by atoms with Gasteiger partial charge in [0.1, 0.15) is 5.75 Å². The predicted molar refractivity (Wildman–Crippen MR) is 113 cm³/mol. The molecule has 1 aromatic heterocycles. The summed E-state index contributed by atoms with van der Waals surface area (Å²) < 4.78 is 7.28. The Kier molecular flexibility index (Phi) is 6.02.